The van der Waals surface area contributed by atoms with Crippen LogP contribution in [0.2, 0.25) is 0 Å². The fraction of sp³-hybridized carbons (Fsp3) is 0.917. The van der Waals surface area contributed by atoms with Gasteiger partial charge in [0.15, 0.2) is 0 Å². The highest BCUT2D eigenvalue weighted by Gasteiger charge is 2.26. The van der Waals surface area contributed by atoms with Crippen LogP contribution in [0.4, 0.5) is 0 Å². The second-order valence-corrected chi connectivity index (χ2v) is 7.21. The Hall–Kier alpha value is -0.220. The largest absolute Gasteiger partial charge is 0.396 e. The van der Waals surface area contributed by atoms with Crippen LogP contribution in [0.1, 0.15) is 33.6 Å². The Bertz CT molecular complexity index is 238. The number of carbonyl (C=O) groups is 1. The first-order valence-electron chi connectivity index (χ1n) is 5.95. The molecule has 1 atom stereocenters. The van der Waals surface area contributed by atoms with Gasteiger partial charge in [-0.1, -0.05) is 20.8 Å². The summed E-state index contributed by atoms with van der Waals surface area (Å²) in [6.45, 7) is 8.33. The van der Waals surface area contributed by atoms with Gasteiger partial charge in [-0.05, 0) is 18.8 Å². The Morgan fingerprint density at radius 2 is 2.19 bits per heavy atom. The number of amides is 1. The van der Waals surface area contributed by atoms with Gasteiger partial charge >= 0.3 is 0 Å². The number of likely N-dealkylation sites (tertiary alicyclic amines) is 1. The van der Waals surface area contributed by atoms with Crippen molar-refractivity contribution in [2.75, 3.05) is 25.4 Å². The van der Waals surface area contributed by atoms with Crippen molar-refractivity contribution in [3.8, 4) is 0 Å². The first-order chi connectivity index (χ1) is 7.42. The molecule has 0 radical (unpaired) electrons. The molecule has 0 aromatic carbocycles. The molecule has 1 rings (SSSR count). The minimum Gasteiger partial charge on any atom is -0.396 e. The number of nitrogens with zero attached hydrogens (tertiary/aromatic N) is 1. The van der Waals surface area contributed by atoms with Crippen molar-refractivity contribution < 1.29 is 9.90 Å². The van der Waals surface area contributed by atoms with E-state index in [2.05, 4.69) is 20.8 Å². The molecule has 1 heterocycles. The van der Waals surface area contributed by atoms with Gasteiger partial charge in [-0.15, -0.1) is 11.8 Å². The molecule has 0 aliphatic carbocycles. The predicted molar refractivity (Wildman–Crippen MR) is 68.6 cm³/mol. The summed E-state index contributed by atoms with van der Waals surface area (Å²) in [5.41, 5.74) is 0. The lowest BCUT2D eigenvalue weighted by molar-refractivity contribution is -0.127. The molecule has 1 N–H and O–H groups in total. The van der Waals surface area contributed by atoms with Crippen LogP contribution >= 0.6 is 11.8 Å². The van der Waals surface area contributed by atoms with Gasteiger partial charge < -0.3 is 10.0 Å². The Morgan fingerprint density at radius 1 is 1.50 bits per heavy atom. The highest BCUT2D eigenvalue weighted by atomic mass is 32.2. The van der Waals surface area contributed by atoms with Crippen molar-refractivity contribution in [1.29, 1.82) is 0 Å². The second kappa shape index (κ2) is 5.92. The predicted octanol–water partition coefficient (Wildman–Crippen LogP) is 1.75. The lowest BCUT2D eigenvalue weighted by atomic mass is 10.1. The second-order valence-electron chi connectivity index (χ2n) is 5.41. The van der Waals surface area contributed by atoms with Gasteiger partial charge in [-0.3, -0.25) is 4.79 Å². The molecule has 0 saturated carbocycles. The highest BCUT2D eigenvalue weighted by Crippen LogP contribution is 2.25. The molecule has 0 bridgehead atoms. The molecule has 0 spiro atoms. The molecule has 1 aliphatic rings. The zero-order valence-corrected chi connectivity index (χ0v) is 11.3. The summed E-state index contributed by atoms with van der Waals surface area (Å²) in [6.07, 6.45) is 1.88. The Kier molecular flexibility index (Phi) is 5.12. The van der Waals surface area contributed by atoms with E-state index in [9.17, 15) is 4.79 Å². The van der Waals surface area contributed by atoms with Gasteiger partial charge in [-0.2, -0.15) is 0 Å². The third-order valence-electron chi connectivity index (χ3n) is 2.80. The average molecular weight is 245 g/mol. The van der Waals surface area contributed by atoms with Crippen LogP contribution in [0, 0.1) is 5.92 Å². The summed E-state index contributed by atoms with van der Waals surface area (Å²) < 4.78 is 0.153. The van der Waals surface area contributed by atoms with Crippen LogP contribution in [0.15, 0.2) is 0 Å². The van der Waals surface area contributed by atoms with Crippen molar-refractivity contribution >= 4 is 17.7 Å². The quantitative estimate of drug-likeness (QED) is 0.820. The van der Waals surface area contributed by atoms with Crippen molar-refractivity contribution in [1.82, 2.24) is 4.90 Å². The first kappa shape index (κ1) is 13.8. The van der Waals surface area contributed by atoms with E-state index < -0.39 is 0 Å². The standard InChI is InChI=1S/C12H23NO2S/c1-12(2,3)16-9-11(15)13-6-4-10(8-13)5-7-14/h10,14H,4-9H2,1-3H3. The van der Waals surface area contributed by atoms with Gasteiger partial charge in [0, 0.05) is 24.4 Å². The molecule has 1 aliphatic heterocycles. The molecule has 0 aromatic rings. The zero-order chi connectivity index (χ0) is 12.2. The molecule has 1 fully saturated rings. The number of aliphatic hydroxyl groups excluding tert-OH is 1. The van der Waals surface area contributed by atoms with E-state index >= 15 is 0 Å². The maximum atomic E-state index is 11.9. The topological polar surface area (TPSA) is 40.5 Å². The summed E-state index contributed by atoms with van der Waals surface area (Å²) in [5.74, 6) is 1.34. The molecular weight excluding hydrogens is 222 g/mol. The fourth-order valence-corrected chi connectivity index (χ4v) is 2.59. The molecule has 1 amide bonds. The van der Waals surface area contributed by atoms with Gasteiger partial charge in [0.2, 0.25) is 5.91 Å². The molecule has 3 nitrogen and oxygen atoms in total. The smallest absolute Gasteiger partial charge is 0.232 e. The normalized spacial score (nSPS) is 21.5. The third-order valence-corrected chi connectivity index (χ3v) is 4.06. The third kappa shape index (κ3) is 4.74. The molecule has 1 saturated heterocycles. The van der Waals surface area contributed by atoms with Crippen LogP contribution in [-0.4, -0.2) is 46.1 Å². The lowest BCUT2D eigenvalue weighted by Gasteiger charge is -2.21. The first-order valence-corrected chi connectivity index (χ1v) is 6.93. The van der Waals surface area contributed by atoms with E-state index in [-0.39, 0.29) is 17.3 Å². The molecular formula is C12H23NO2S. The molecule has 1 unspecified atom stereocenters. The minimum absolute atomic E-state index is 0.153. The Morgan fingerprint density at radius 3 is 2.75 bits per heavy atom. The monoisotopic (exact) mass is 245 g/mol. The number of carbonyl (C=O) groups excluding carboxylic acids is 1. The summed E-state index contributed by atoms with van der Waals surface area (Å²) in [5, 5.41) is 8.85. The van der Waals surface area contributed by atoms with Crippen molar-refractivity contribution in [2.24, 2.45) is 5.92 Å². The van der Waals surface area contributed by atoms with Crippen LogP contribution in [0.3, 0.4) is 0 Å². The average Bonchev–Trinajstić information content (AvgIpc) is 2.62. The van der Waals surface area contributed by atoms with Crippen LogP contribution in [0.25, 0.3) is 0 Å². The van der Waals surface area contributed by atoms with E-state index in [1.807, 2.05) is 4.90 Å². The van der Waals surface area contributed by atoms with E-state index in [1.54, 1.807) is 11.8 Å². The fourth-order valence-electron chi connectivity index (χ4n) is 1.85. The van der Waals surface area contributed by atoms with E-state index in [1.165, 1.54) is 0 Å². The highest BCUT2D eigenvalue weighted by molar-refractivity contribution is 8.01. The Balaban J connectivity index is 2.28. The number of hydrogen-bond acceptors (Lipinski definition) is 3. The zero-order valence-electron chi connectivity index (χ0n) is 10.5. The van der Waals surface area contributed by atoms with E-state index in [0.29, 0.717) is 11.7 Å². The summed E-state index contributed by atoms with van der Waals surface area (Å²) in [6, 6.07) is 0. The molecule has 94 valence electrons. The van der Waals surface area contributed by atoms with Crippen molar-refractivity contribution in [3.05, 3.63) is 0 Å². The van der Waals surface area contributed by atoms with Crippen LogP contribution in [-0.2, 0) is 4.79 Å². The number of rotatable bonds is 4. The lowest BCUT2D eigenvalue weighted by Crippen LogP contribution is -2.31. The molecule has 4 heteroatoms. The molecule has 16 heavy (non-hydrogen) atoms. The van der Waals surface area contributed by atoms with E-state index in [0.717, 1.165) is 25.9 Å². The van der Waals surface area contributed by atoms with Crippen LogP contribution in [0.5, 0.6) is 0 Å². The van der Waals surface area contributed by atoms with Gasteiger partial charge in [-0.25, -0.2) is 0 Å². The number of aliphatic hydroxyl groups is 1. The summed E-state index contributed by atoms with van der Waals surface area (Å²) in [4.78, 5) is 13.8. The van der Waals surface area contributed by atoms with Gasteiger partial charge in [0.25, 0.3) is 0 Å². The minimum atomic E-state index is 0.153. The number of thioether (sulfide) groups is 1. The van der Waals surface area contributed by atoms with Gasteiger partial charge in [0.05, 0.1) is 5.75 Å². The Labute approximate surface area is 103 Å². The summed E-state index contributed by atoms with van der Waals surface area (Å²) in [7, 11) is 0. The number of hydrogen-bond donors (Lipinski definition) is 1. The van der Waals surface area contributed by atoms with Crippen molar-refractivity contribution in [2.45, 2.75) is 38.4 Å². The van der Waals surface area contributed by atoms with Crippen LogP contribution < -0.4 is 0 Å². The van der Waals surface area contributed by atoms with E-state index in [4.69, 9.17) is 5.11 Å². The van der Waals surface area contributed by atoms with Crippen molar-refractivity contribution in [3.63, 3.8) is 0 Å². The van der Waals surface area contributed by atoms with Gasteiger partial charge in [0.1, 0.15) is 0 Å². The maximum Gasteiger partial charge on any atom is 0.232 e. The SMILES string of the molecule is CC(C)(C)SCC(=O)N1CCC(CCO)C1. The summed E-state index contributed by atoms with van der Waals surface area (Å²) >= 11 is 1.70. The molecule has 0 aromatic heterocycles. The maximum absolute atomic E-state index is 11.9.